The van der Waals surface area contributed by atoms with E-state index < -0.39 is 0 Å². The van der Waals surface area contributed by atoms with Crippen molar-refractivity contribution in [1.29, 1.82) is 0 Å². The van der Waals surface area contributed by atoms with Gasteiger partial charge >= 0.3 is 0 Å². The molecular weight excluding hydrogens is 370 g/mol. The molecule has 0 radical (unpaired) electrons. The Kier molecular flexibility index (Phi) is 6.29. The Morgan fingerprint density at radius 2 is 2.12 bits per heavy atom. The molecule has 1 amide bonds. The highest BCUT2D eigenvalue weighted by molar-refractivity contribution is 7.09. The highest BCUT2D eigenvalue weighted by atomic mass is 35.5. The Hall–Kier alpha value is -1.89. The quantitative estimate of drug-likeness (QED) is 0.732. The van der Waals surface area contributed by atoms with Crippen LogP contribution in [0.4, 0.5) is 0 Å². The summed E-state index contributed by atoms with van der Waals surface area (Å²) in [4.78, 5) is 20.9. The lowest BCUT2D eigenvalue weighted by Crippen LogP contribution is -2.47. The number of ether oxygens (including phenoxy) is 1. The zero-order valence-electron chi connectivity index (χ0n) is 14.9. The number of carbonyl (C=O) groups is 1. The van der Waals surface area contributed by atoms with Crippen LogP contribution in [-0.2, 0) is 11.3 Å². The van der Waals surface area contributed by atoms with Gasteiger partial charge in [0, 0.05) is 54.8 Å². The maximum Gasteiger partial charge on any atom is 0.246 e. The number of amides is 1. The minimum Gasteiger partial charge on any atom is -0.496 e. The van der Waals surface area contributed by atoms with E-state index in [-0.39, 0.29) is 5.91 Å². The third-order valence-corrected chi connectivity index (χ3v) is 5.38. The predicted molar refractivity (Wildman–Crippen MR) is 106 cm³/mol. The lowest BCUT2D eigenvalue weighted by molar-refractivity contribution is -0.127. The number of hydrogen-bond donors (Lipinski definition) is 0. The molecule has 0 bridgehead atoms. The number of carbonyl (C=O) groups excluding carboxylic acids is 1. The van der Waals surface area contributed by atoms with Gasteiger partial charge < -0.3 is 9.64 Å². The van der Waals surface area contributed by atoms with Crippen LogP contribution in [0.25, 0.3) is 6.08 Å². The van der Waals surface area contributed by atoms with Crippen LogP contribution in [0.5, 0.6) is 5.75 Å². The van der Waals surface area contributed by atoms with Gasteiger partial charge in [0.2, 0.25) is 5.91 Å². The maximum atomic E-state index is 12.3. The summed E-state index contributed by atoms with van der Waals surface area (Å²) in [5.41, 5.74) is 1.91. The third kappa shape index (κ3) is 4.84. The van der Waals surface area contributed by atoms with Crippen molar-refractivity contribution in [2.24, 2.45) is 0 Å². The second-order valence-electron chi connectivity index (χ2n) is 6.18. The summed E-state index contributed by atoms with van der Waals surface area (Å²) in [6.07, 6.45) is 3.40. The zero-order valence-corrected chi connectivity index (χ0v) is 16.5. The number of benzene rings is 1. The van der Waals surface area contributed by atoms with Gasteiger partial charge in [0.15, 0.2) is 0 Å². The first-order valence-corrected chi connectivity index (χ1v) is 9.75. The Labute approximate surface area is 162 Å². The molecule has 26 heavy (non-hydrogen) atoms. The zero-order chi connectivity index (χ0) is 18.5. The number of piperazine rings is 1. The number of thiazole rings is 1. The van der Waals surface area contributed by atoms with Gasteiger partial charge in [0.25, 0.3) is 0 Å². The van der Waals surface area contributed by atoms with Gasteiger partial charge in [-0.3, -0.25) is 9.69 Å². The van der Waals surface area contributed by atoms with Gasteiger partial charge in [-0.1, -0.05) is 11.6 Å². The molecule has 1 aliphatic rings. The standard InChI is InChI=1S/C19H22ClN3O2S/c1-14-21-17(13-26-14)4-6-19(24)23-9-7-22(8-10-23)12-15-11-16(20)3-5-18(15)25-2/h3-6,11,13H,7-10,12H2,1-2H3/b6-4+. The maximum absolute atomic E-state index is 12.3. The van der Waals surface area contributed by atoms with Crippen LogP contribution in [0.1, 0.15) is 16.3 Å². The summed E-state index contributed by atoms with van der Waals surface area (Å²) in [5, 5.41) is 3.66. The molecule has 0 N–H and O–H groups in total. The summed E-state index contributed by atoms with van der Waals surface area (Å²) >= 11 is 7.69. The van der Waals surface area contributed by atoms with Crippen molar-refractivity contribution in [2.45, 2.75) is 13.5 Å². The van der Waals surface area contributed by atoms with Crippen LogP contribution in [0.3, 0.4) is 0 Å². The second-order valence-corrected chi connectivity index (χ2v) is 7.68. The number of hydrogen-bond acceptors (Lipinski definition) is 5. The van der Waals surface area contributed by atoms with Gasteiger partial charge in [-0.2, -0.15) is 0 Å². The minimum atomic E-state index is 0.0376. The molecule has 1 aromatic heterocycles. The van der Waals surface area contributed by atoms with Gasteiger partial charge in [-0.15, -0.1) is 11.3 Å². The Balaban J connectivity index is 1.53. The second kappa shape index (κ2) is 8.66. The Morgan fingerprint density at radius 1 is 1.35 bits per heavy atom. The molecule has 0 saturated carbocycles. The number of rotatable bonds is 5. The van der Waals surface area contributed by atoms with Crippen LogP contribution >= 0.6 is 22.9 Å². The van der Waals surface area contributed by atoms with Crippen LogP contribution in [0, 0.1) is 6.92 Å². The molecule has 1 aliphatic heterocycles. The summed E-state index contributed by atoms with van der Waals surface area (Å²) < 4.78 is 5.41. The fourth-order valence-electron chi connectivity index (χ4n) is 2.96. The van der Waals surface area contributed by atoms with Crippen molar-refractivity contribution in [2.75, 3.05) is 33.3 Å². The summed E-state index contributed by atoms with van der Waals surface area (Å²) in [6, 6.07) is 5.66. The largest absolute Gasteiger partial charge is 0.496 e. The van der Waals surface area contributed by atoms with E-state index >= 15 is 0 Å². The Morgan fingerprint density at radius 3 is 2.77 bits per heavy atom. The summed E-state index contributed by atoms with van der Waals surface area (Å²) in [7, 11) is 1.67. The molecular formula is C19H22ClN3O2S. The van der Waals surface area contributed by atoms with E-state index in [9.17, 15) is 4.79 Å². The van der Waals surface area contributed by atoms with E-state index in [0.717, 1.165) is 41.6 Å². The molecule has 3 rings (SSSR count). The van der Waals surface area contributed by atoms with Gasteiger partial charge in [-0.05, 0) is 31.2 Å². The molecule has 0 aliphatic carbocycles. The topological polar surface area (TPSA) is 45.7 Å². The van der Waals surface area contributed by atoms with Crippen molar-refractivity contribution in [3.8, 4) is 5.75 Å². The van der Waals surface area contributed by atoms with E-state index in [2.05, 4.69) is 9.88 Å². The molecule has 2 heterocycles. The fourth-order valence-corrected chi connectivity index (χ4v) is 3.73. The molecule has 7 heteroatoms. The minimum absolute atomic E-state index is 0.0376. The number of methoxy groups -OCH3 is 1. The first-order chi connectivity index (χ1) is 12.5. The average Bonchev–Trinajstić information content (AvgIpc) is 3.06. The molecule has 1 saturated heterocycles. The molecule has 5 nitrogen and oxygen atoms in total. The molecule has 0 unspecified atom stereocenters. The summed E-state index contributed by atoms with van der Waals surface area (Å²) in [5.74, 6) is 0.880. The van der Waals surface area contributed by atoms with Crippen LogP contribution < -0.4 is 4.74 Å². The SMILES string of the molecule is COc1ccc(Cl)cc1CN1CCN(C(=O)/C=C/c2csc(C)n2)CC1. The van der Waals surface area contributed by atoms with Crippen LogP contribution in [0.15, 0.2) is 29.7 Å². The van der Waals surface area contributed by atoms with Crippen LogP contribution in [-0.4, -0.2) is 54.0 Å². The van der Waals surface area contributed by atoms with E-state index in [1.54, 1.807) is 30.6 Å². The third-order valence-electron chi connectivity index (χ3n) is 4.35. The van der Waals surface area contributed by atoms with Gasteiger partial charge in [0.1, 0.15) is 5.75 Å². The van der Waals surface area contributed by atoms with Crippen molar-refractivity contribution >= 4 is 34.9 Å². The van der Waals surface area contributed by atoms with E-state index in [1.807, 2.05) is 35.4 Å². The molecule has 2 aromatic rings. The monoisotopic (exact) mass is 391 g/mol. The lowest BCUT2D eigenvalue weighted by Gasteiger charge is -2.34. The number of aryl methyl sites for hydroxylation is 1. The van der Waals surface area contributed by atoms with Gasteiger partial charge in [-0.25, -0.2) is 4.98 Å². The van der Waals surface area contributed by atoms with Crippen molar-refractivity contribution in [3.63, 3.8) is 0 Å². The molecule has 1 fully saturated rings. The van der Waals surface area contributed by atoms with E-state index in [0.29, 0.717) is 18.1 Å². The molecule has 0 spiro atoms. The van der Waals surface area contributed by atoms with E-state index in [1.165, 1.54) is 0 Å². The average molecular weight is 392 g/mol. The first-order valence-electron chi connectivity index (χ1n) is 8.49. The molecule has 1 aromatic carbocycles. The van der Waals surface area contributed by atoms with Crippen molar-refractivity contribution in [3.05, 3.63) is 50.9 Å². The normalized spacial score (nSPS) is 15.6. The smallest absolute Gasteiger partial charge is 0.246 e. The fraction of sp³-hybridized carbons (Fsp3) is 0.368. The number of aromatic nitrogens is 1. The lowest BCUT2D eigenvalue weighted by atomic mass is 10.1. The highest BCUT2D eigenvalue weighted by Crippen LogP contribution is 2.24. The number of nitrogens with zero attached hydrogens (tertiary/aromatic N) is 3. The number of halogens is 1. The first kappa shape index (κ1) is 18.9. The molecule has 0 atom stereocenters. The highest BCUT2D eigenvalue weighted by Gasteiger charge is 2.20. The van der Waals surface area contributed by atoms with E-state index in [4.69, 9.17) is 16.3 Å². The van der Waals surface area contributed by atoms with Crippen molar-refractivity contribution in [1.82, 2.24) is 14.8 Å². The predicted octanol–water partition coefficient (Wildman–Crippen LogP) is 3.47. The molecule has 138 valence electrons. The van der Waals surface area contributed by atoms with Crippen LogP contribution in [0.2, 0.25) is 5.02 Å². The Bertz CT molecular complexity index is 798. The van der Waals surface area contributed by atoms with Gasteiger partial charge in [0.05, 0.1) is 17.8 Å². The summed E-state index contributed by atoms with van der Waals surface area (Å²) in [6.45, 7) is 5.79. The van der Waals surface area contributed by atoms with Crippen molar-refractivity contribution < 1.29 is 9.53 Å².